The molecule has 0 aliphatic rings. The number of carbonyl (C=O) groups is 1. The van der Waals surface area contributed by atoms with E-state index >= 15 is 0 Å². The van der Waals surface area contributed by atoms with Crippen LogP contribution in [0.4, 0.5) is 13.2 Å². The van der Waals surface area contributed by atoms with Gasteiger partial charge in [0.15, 0.2) is 0 Å². The summed E-state index contributed by atoms with van der Waals surface area (Å²) in [7, 11) is 0. The second kappa shape index (κ2) is 3.79. The quantitative estimate of drug-likeness (QED) is 0.798. The third kappa shape index (κ3) is 3.15. The molecule has 0 aromatic carbocycles. The number of aromatic carboxylic acids is 1. The fourth-order valence-electron chi connectivity index (χ4n) is 0.948. The van der Waals surface area contributed by atoms with Crippen LogP contribution in [0.2, 0.25) is 0 Å². The second-order valence-corrected chi connectivity index (χ2v) is 2.83. The lowest BCUT2D eigenvalue weighted by Crippen LogP contribution is -2.20. The van der Waals surface area contributed by atoms with E-state index in [-0.39, 0.29) is 0 Å². The first kappa shape index (κ1) is 11.3. The van der Waals surface area contributed by atoms with E-state index in [0.717, 1.165) is 6.07 Å². The summed E-state index contributed by atoms with van der Waals surface area (Å²) in [5.74, 6) is -1.39. The van der Waals surface area contributed by atoms with Gasteiger partial charge in [-0.15, -0.1) is 0 Å². The molecule has 0 aliphatic heterocycles. The number of hydrogen-bond donors (Lipinski definition) is 2. The highest BCUT2D eigenvalue weighted by molar-refractivity contribution is 5.84. The first-order chi connectivity index (χ1) is 6.79. The first-order valence-corrected chi connectivity index (χ1v) is 3.89. The molecule has 0 fully saturated rings. The summed E-state index contributed by atoms with van der Waals surface area (Å²) in [5.41, 5.74) is -1.22. The van der Waals surface area contributed by atoms with Gasteiger partial charge in [-0.05, 0) is 0 Å². The highest BCUT2D eigenvalue weighted by Crippen LogP contribution is 2.19. The number of halogens is 3. The predicted molar refractivity (Wildman–Crippen MR) is 42.7 cm³/mol. The van der Waals surface area contributed by atoms with Gasteiger partial charge < -0.3 is 5.11 Å². The second-order valence-electron chi connectivity index (χ2n) is 2.83. The molecule has 1 aromatic heterocycles. The van der Waals surface area contributed by atoms with E-state index in [1.165, 1.54) is 0 Å². The van der Waals surface area contributed by atoms with Crippen LogP contribution in [0.1, 0.15) is 16.9 Å². The van der Waals surface area contributed by atoms with Crippen molar-refractivity contribution < 1.29 is 23.1 Å². The SMILES string of the molecule is O=C(O)c1cc(=O)n(CCC(F)(F)F)[nH]1. The van der Waals surface area contributed by atoms with E-state index in [4.69, 9.17) is 5.11 Å². The lowest BCUT2D eigenvalue weighted by Gasteiger charge is -2.05. The van der Waals surface area contributed by atoms with E-state index < -0.39 is 36.4 Å². The monoisotopic (exact) mass is 224 g/mol. The summed E-state index contributed by atoms with van der Waals surface area (Å²) in [5, 5.41) is 10.5. The molecule has 0 unspecified atom stereocenters. The van der Waals surface area contributed by atoms with Crippen LogP contribution < -0.4 is 5.56 Å². The molecule has 0 saturated heterocycles. The number of alkyl halides is 3. The molecule has 15 heavy (non-hydrogen) atoms. The Bertz CT molecular complexity index is 418. The van der Waals surface area contributed by atoms with Crippen LogP contribution in [0, 0.1) is 0 Å². The fourth-order valence-corrected chi connectivity index (χ4v) is 0.948. The Morgan fingerprint density at radius 3 is 2.53 bits per heavy atom. The highest BCUT2D eigenvalue weighted by Gasteiger charge is 2.27. The fraction of sp³-hybridized carbons (Fsp3) is 0.429. The van der Waals surface area contributed by atoms with Crippen LogP contribution in [0.15, 0.2) is 10.9 Å². The molecule has 0 radical (unpaired) electrons. The maximum Gasteiger partial charge on any atom is 0.390 e. The molecule has 0 amide bonds. The van der Waals surface area contributed by atoms with Gasteiger partial charge in [-0.2, -0.15) is 13.2 Å². The predicted octanol–water partition coefficient (Wildman–Crippen LogP) is 0.827. The minimum atomic E-state index is -4.38. The molecule has 84 valence electrons. The summed E-state index contributed by atoms with van der Waals surface area (Å²) in [4.78, 5) is 21.3. The van der Waals surface area contributed by atoms with E-state index in [0.29, 0.717) is 4.68 Å². The lowest BCUT2D eigenvalue weighted by molar-refractivity contribution is -0.137. The molecular formula is C7H7F3N2O3. The summed E-state index contributed by atoms with van der Waals surface area (Å²) in [6.45, 7) is -0.615. The summed E-state index contributed by atoms with van der Waals surface area (Å²) in [6, 6.07) is 0.735. The van der Waals surface area contributed by atoms with Crippen molar-refractivity contribution >= 4 is 5.97 Å². The maximum atomic E-state index is 11.8. The van der Waals surface area contributed by atoms with E-state index in [2.05, 4.69) is 5.10 Å². The van der Waals surface area contributed by atoms with Crippen molar-refractivity contribution in [1.29, 1.82) is 0 Å². The lowest BCUT2D eigenvalue weighted by atomic mass is 10.4. The van der Waals surface area contributed by atoms with Gasteiger partial charge in [0.2, 0.25) is 0 Å². The number of hydrogen-bond acceptors (Lipinski definition) is 2. The number of aryl methyl sites for hydroxylation is 1. The van der Waals surface area contributed by atoms with Gasteiger partial charge in [0, 0.05) is 6.07 Å². The zero-order chi connectivity index (χ0) is 11.6. The third-order valence-corrected chi connectivity index (χ3v) is 1.64. The van der Waals surface area contributed by atoms with Crippen LogP contribution in [-0.4, -0.2) is 27.0 Å². The van der Waals surface area contributed by atoms with E-state index in [1.807, 2.05) is 0 Å². The van der Waals surface area contributed by atoms with Crippen molar-refractivity contribution in [2.45, 2.75) is 19.1 Å². The molecule has 0 saturated carbocycles. The molecule has 5 nitrogen and oxygen atoms in total. The average Bonchev–Trinajstić information content (AvgIpc) is 2.42. The topological polar surface area (TPSA) is 75.1 Å². The molecule has 1 rings (SSSR count). The van der Waals surface area contributed by atoms with Crippen LogP contribution in [-0.2, 0) is 6.54 Å². The van der Waals surface area contributed by atoms with Gasteiger partial charge in [0.1, 0.15) is 5.69 Å². The Kier molecular flexibility index (Phi) is 2.87. The summed E-state index contributed by atoms with van der Waals surface area (Å²) >= 11 is 0. The van der Waals surface area contributed by atoms with Gasteiger partial charge >= 0.3 is 12.1 Å². The van der Waals surface area contributed by atoms with Crippen molar-refractivity contribution in [3.63, 3.8) is 0 Å². The van der Waals surface area contributed by atoms with Crippen LogP contribution in [0.5, 0.6) is 0 Å². The van der Waals surface area contributed by atoms with Crippen molar-refractivity contribution in [2.24, 2.45) is 0 Å². The number of rotatable bonds is 3. The van der Waals surface area contributed by atoms with Gasteiger partial charge in [-0.1, -0.05) is 0 Å². The summed E-state index contributed by atoms with van der Waals surface area (Å²) in [6.07, 6.45) is -5.57. The zero-order valence-corrected chi connectivity index (χ0v) is 7.34. The third-order valence-electron chi connectivity index (χ3n) is 1.64. The van der Waals surface area contributed by atoms with Crippen molar-refractivity contribution in [1.82, 2.24) is 9.78 Å². The Morgan fingerprint density at radius 1 is 1.53 bits per heavy atom. The van der Waals surface area contributed by atoms with Crippen molar-refractivity contribution in [3.8, 4) is 0 Å². The van der Waals surface area contributed by atoms with Gasteiger partial charge in [0.25, 0.3) is 5.56 Å². The highest BCUT2D eigenvalue weighted by atomic mass is 19.4. The molecule has 0 spiro atoms. The standard InChI is InChI=1S/C7H7F3N2O3/c8-7(9,10)1-2-12-5(13)3-4(11-12)6(14)15/h3,11H,1-2H2,(H,14,15). The normalized spacial score (nSPS) is 11.7. The smallest absolute Gasteiger partial charge is 0.390 e. The van der Waals surface area contributed by atoms with Gasteiger partial charge in [-0.25, -0.2) is 4.79 Å². The number of H-pyrrole nitrogens is 1. The number of nitrogens with zero attached hydrogens (tertiary/aromatic N) is 1. The largest absolute Gasteiger partial charge is 0.477 e. The van der Waals surface area contributed by atoms with E-state index in [1.54, 1.807) is 0 Å². The maximum absolute atomic E-state index is 11.8. The Labute approximate surface area is 81.1 Å². The molecule has 0 bridgehead atoms. The average molecular weight is 224 g/mol. The van der Waals surface area contributed by atoms with Crippen LogP contribution in [0.3, 0.4) is 0 Å². The first-order valence-electron chi connectivity index (χ1n) is 3.89. The number of aromatic amines is 1. The minimum absolute atomic E-state index is 0.429. The molecule has 1 heterocycles. The zero-order valence-electron chi connectivity index (χ0n) is 7.34. The number of nitrogens with one attached hydrogen (secondary N) is 1. The van der Waals surface area contributed by atoms with Crippen LogP contribution >= 0.6 is 0 Å². The number of carboxylic acids is 1. The van der Waals surface area contributed by atoms with Crippen LogP contribution in [0.25, 0.3) is 0 Å². The van der Waals surface area contributed by atoms with E-state index in [9.17, 15) is 22.8 Å². The molecule has 0 aliphatic carbocycles. The van der Waals surface area contributed by atoms with Crippen molar-refractivity contribution in [3.05, 3.63) is 22.1 Å². The molecular weight excluding hydrogens is 217 g/mol. The Morgan fingerprint density at radius 2 is 2.13 bits per heavy atom. The van der Waals surface area contributed by atoms with Crippen molar-refractivity contribution in [2.75, 3.05) is 0 Å². The summed E-state index contributed by atoms with van der Waals surface area (Å²) < 4.78 is 36.0. The minimum Gasteiger partial charge on any atom is -0.477 e. The molecule has 0 atom stereocenters. The van der Waals surface area contributed by atoms with Gasteiger partial charge in [0.05, 0.1) is 13.0 Å². The molecule has 8 heteroatoms. The van der Waals surface area contributed by atoms with Gasteiger partial charge in [-0.3, -0.25) is 14.6 Å². The number of carboxylic acid groups (broad SMARTS) is 1. The molecule has 1 aromatic rings. The Balaban J connectivity index is 2.79. The Hall–Kier alpha value is -1.73. The number of aromatic nitrogens is 2. The molecule has 2 N–H and O–H groups in total.